The average molecular weight is 370 g/mol. The van der Waals surface area contributed by atoms with Gasteiger partial charge in [0, 0.05) is 5.56 Å². The van der Waals surface area contributed by atoms with Crippen LogP contribution in [0.15, 0.2) is 53.3 Å². The van der Waals surface area contributed by atoms with Gasteiger partial charge in [-0.05, 0) is 22.3 Å². The second-order valence-corrected chi connectivity index (χ2v) is 6.02. The lowest BCUT2D eigenvalue weighted by molar-refractivity contribution is -0.136. The summed E-state index contributed by atoms with van der Waals surface area (Å²) in [6.45, 7) is 0. The molecule has 1 aromatic heterocycles. The van der Waals surface area contributed by atoms with E-state index < -0.39 is 11.5 Å². The van der Waals surface area contributed by atoms with Crippen molar-refractivity contribution in [2.45, 2.75) is 6.42 Å². The number of carboxylic acid groups (broad SMARTS) is 1. The van der Waals surface area contributed by atoms with E-state index in [-0.39, 0.29) is 28.9 Å². The van der Waals surface area contributed by atoms with Gasteiger partial charge in [0.1, 0.15) is 29.1 Å². The first-order chi connectivity index (χ1) is 13.5. The summed E-state index contributed by atoms with van der Waals surface area (Å²) in [5, 5.41) is 27.8. The number of nitrogen functional groups attached to an aromatic ring is 1. The van der Waals surface area contributed by atoms with Crippen LogP contribution in [0.2, 0.25) is 0 Å². The summed E-state index contributed by atoms with van der Waals surface area (Å²) < 4.78 is 0. The number of carbonyl (C=O) groups is 1. The minimum atomic E-state index is -0.930. The van der Waals surface area contributed by atoms with Crippen LogP contribution in [0.25, 0.3) is 22.3 Å². The number of aromatic nitrogens is 1. The molecule has 28 heavy (non-hydrogen) atoms. The monoisotopic (exact) mass is 370 g/mol. The van der Waals surface area contributed by atoms with Crippen LogP contribution >= 0.6 is 0 Å². The molecular weight excluding hydrogens is 356 g/mol. The predicted molar refractivity (Wildman–Crippen MR) is 103 cm³/mol. The van der Waals surface area contributed by atoms with Gasteiger partial charge in [-0.3, -0.25) is 9.59 Å². The highest BCUT2D eigenvalue weighted by Crippen LogP contribution is 2.31. The lowest BCUT2D eigenvalue weighted by atomic mass is 9.93. The molecule has 7 heteroatoms. The Bertz CT molecular complexity index is 1210. The van der Waals surface area contributed by atoms with Crippen molar-refractivity contribution >= 4 is 11.8 Å². The van der Waals surface area contributed by atoms with Gasteiger partial charge in [0.15, 0.2) is 0 Å². The zero-order valence-electron chi connectivity index (χ0n) is 14.6. The van der Waals surface area contributed by atoms with Gasteiger partial charge in [-0.1, -0.05) is 48.5 Å². The summed E-state index contributed by atoms with van der Waals surface area (Å²) in [5.74, 6) is -1.03. The molecule has 0 fully saturated rings. The van der Waals surface area contributed by atoms with Crippen LogP contribution < -0.4 is 11.3 Å². The molecule has 0 aliphatic carbocycles. The van der Waals surface area contributed by atoms with Crippen LogP contribution in [0.1, 0.15) is 16.7 Å². The zero-order chi connectivity index (χ0) is 20.3. The summed E-state index contributed by atoms with van der Waals surface area (Å²) in [7, 11) is 0. The minimum absolute atomic E-state index is 0.0233. The molecule has 0 bridgehead atoms. The molecule has 0 radical (unpaired) electrons. The first-order valence-corrected chi connectivity index (χ1v) is 8.22. The molecule has 7 nitrogen and oxygen atoms in total. The van der Waals surface area contributed by atoms with Gasteiger partial charge in [0.05, 0.1) is 6.42 Å². The number of pyridine rings is 1. The van der Waals surface area contributed by atoms with E-state index in [1.54, 1.807) is 36.4 Å². The Morgan fingerprint density at radius 1 is 1.00 bits per heavy atom. The number of nitriles is 2. The lowest BCUT2D eigenvalue weighted by Gasteiger charge is -2.11. The smallest absolute Gasteiger partial charge is 0.307 e. The van der Waals surface area contributed by atoms with E-state index in [4.69, 9.17) is 10.8 Å². The molecule has 3 aromatic rings. The third kappa shape index (κ3) is 3.33. The normalized spacial score (nSPS) is 10.1. The molecule has 0 saturated carbocycles. The molecule has 0 amide bonds. The van der Waals surface area contributed by atoms with Crippen LogP contribution in [0, 0.1) is 22.7 Å². The molecule has 0 atom stereocenters. The number of hydrogen-bond acceptors (Lipinski definition) is 5. The Kier molecular flexibility index (Phi) is 4.93. The highest BCUT2D eigenvalue weighted by molar-refractivity contribution is 5.82. The maximum absolute atomic E-state index is 12.0. The molecular formula is C21H14N4O3. The van der Waals surface area contributed by atoms with Crippen LogP contribution in [0.3, 0.4) is 0 Å². The topological polar surface area (TPSA) is 144 Å². The highest BCUT2D eigenvalue weighted by atomic mass is 16.4. The Morgan fingerprint density at radius 3 is 2.21 bits per heavy atom. The van der Waals surface area contributed by atoms with Gasteiger partial charge in [-0.2, -0.15) is 10.5 Å². The van der Waals surface area contributed by atoms with E-state index in [0.29, 0.717) is 11.1 Å². The van der Waals surface area contributed by atoms with E-state index in [1.165, 1.54) is 0 Å². The van der Waals surface area contributed by atoms with Crippen molar-refractivity contribution in [3.8, 4) is 34.4 Å². The van der Waals surface area contributed by atoms with Gasteiger partial charge in [0.2, 0.25) is 0 Å². The van der Waals surface area contributed by atoms with Crippen LogP contribution in [0.5, 0.6) is 0 Å². The van der Waals surface area contributed by atoms with E-state index in [2.05, 4.69) is 4.98 Å². The molecule has 0 aliphatic rings. The number of benzene rings is 2. The fourth-order valence-corrected chi connectivity index (χ4v) is 3.07. The van der Waals surface area contributed by atoms with Gasteiger partial charge < -0.3 is 15.8 Å². The zero-order valence-corrected chi connectivity index (χ0v) is 14.6. The molecule has 0 spiro atoms. The first kappa shape index (κ1) is 18.4. The number of nitrogens with one attached hydrogen (secondary N) is 1. The third-order valence-electron chi connectivity index (χ3n) is 4.31. The Morgan fingerprint density at radius 2 is 1.61 bits per heavy atom. The molecule has 2 aromatic carbocycles. The number of hydrogen-bond donors (Lipinski definition) is 3. The summed E-state index contributed by atoms with van der Waals surface area (Å²) >= 11 is 0. The Balaban J connectivity index is 2.14. The van der Waals surface area contributed by atoms with Gasteiger partial charge in [-0.25, -0.2) is 0 Å². The van der Waals surface area contributed by atoms with Gasteiger partial charge in [-0.15, -0.1) is 0 Å². The average Bonchev–Trinajstić information content (AvgIpc) is 2.68. The fraction of sp³-hybridized carbons (Fsp3) is 0.0476. The summed E-state index contributed by atoms with van der Waals surface area (Å²) in [6, 6.07) is 17.7. The molecule has 136 valence electrons. The molecule has 0 saturated heterocycles. The summed E-state index contributed by atoms with van der Waals surface area (Å²) in [6.07, 6.45) is -0.111. The number of H-pyrrole nitrogens is 1. The van der Waals surface area contributed by atoms with Crippen molar-refractivity contribution in [3.63, 3.8) is 0 Å². The van der Waals surface area contributed by atoms with Crippen molar-refractivity contribution in [1.29, 1.82) is 10.5 Å². The number of aromatic amines is 1. The summed E-state index contributed by atoms with van der Waals surface area (Å²) in [4.78, 5) is 25.4. The van der Waals surface area contributed by atoms with Crippen molar-refractivity contribution < 1.29 is 9.90 Å². The van der Waals surface area contributed by atoms with Crippen molar-refractivity contribution in [2.24, 2.45) is 0 Å². The number of aliphatic carboxylic acids is 1. The quantitative estimate of drug-likeness (QED) is 0.644. The molecule has 0 unspecified atom stereocenters. The predicted octanol–water partition coefficient (Wildman–Crippen LogP) is 2.66. The van der Waals surface area contributed by atoms with E-state index >= 15 is 0 Å². The van der Waals surface area contributed by atoms with Gasteiger partial charge >= 0.3 is 5.97 Å². The van der Waals surface area contributed by atoms with Crippen molar-refractivity contribution in [1.82, 2.24) is 4.98 Å². The van der Waals surface area contributed by atoms with Crippen LogP contribution in [-0.4, -0.2) is 16.1 Å². The largest absolute Gasteiger partial charge is 0.481 e. The third-order valence-corrected chi connectivity index (χ3v) is 4.31. The maximum Gasteiger partial charge on any atom is 0.307 e. The Hall–Kier alpha value is -4.36. The van der Waals surface area contributed by atoms with Crippen LogP contribution in [-0.2, 0) is 11.2 Å². The Labute approximate surface area is 159 Å². The highest BCUT2D eigenvalue weighted by Gasteiger charge is 2.18. The first-order valence-electron chi connectivity index (χ1n) is 8.22. The molecule has 1 heterocycles. The van der Waals surface area contributed by atoms with E-state index in [1.807, 2.05) is 24.3 Å². The van der Waals surface area contributed by atoms with E-state index in [9.17, 15) is 20.1 Å². The van der Waals surface area contributed by atoms with Crippen molar-refractivity contribution in [2.75, 3.05) is 5.73 Å². The lowest BCUT2D eigenvalue weighted by Crippen LogP contribution is -2.16. The number of rotatable bonds is 4. The molecule has 0 aliphatic heterocycles. The van der Waals surface area contributed by atoms with Crippen LogP contribution in [0.4, 0.5) is 5.82 Å². The molecule has 3 rings (SSSR count). The summed E-state index contributed by atoms with van der Waals surface area (Å²) in [5.41, 5.74) is 7.78. The molecule has 4 N–H and O–H groups in total. The second-order valence-electron chi connectivity index (χ2n) is 6.02. The van der Waals surface area contributed by atoms with Gasteiger partial charge in [0.25, 0.3) is 5.56 Å². The fourth-order valence-electron chi connectivity index (χ4n) is 3.07. The van der Waals surface area contributed by atoms with E-state index in [0.717, 1.165) is 11.1 Å². The number of anilines is 1. The SMILES string of the molecule is N#Cc1c(N)[nH]c(=O)c(C#N)c1-c1ccc(-c2ccccc2CC(=O)O)cc1. The number of nitrogens with zero attached hydrogens (tertiary/aromatic N) is 2. The van der Waals surface area contributed by atoms with Crippen molar-refractivity contribution in [3.05, 3.63) is 75.6 Å². The number of nitrogens with two attached hydrogens (primary N) is 1. The second kappa shape index (κ2) is 7.48. The number of carboxylic acids is 1. The standard InChI is InChI=1S/C21H14N4O3/c22-10-16-19(17(11-23)21(28)25-20(16)24)13-7-5-12(6-8-13)15-4-2-1-3-14(15)9-18(26)27/h1-8H,9H2,(H,26,27)(H3,24,25,28). The minimum Gasteiger partial charge on any atom is -0.481 e. The maximum atomic E-state index is 12.0.